The molecule has 7 nitrogen and oxygen atoms in total. The van der Waals surface area contributed by atoms with Gasteiger partial charge in [0.05, 0.1) is 10.9 Å². The number of carbonyl (C=O) groups excluding carboxylic acids is 2. The third-order valence-corrected chi connectivity index (χ3v) is 7.46. The molecule has 2 N–H and O–H groups in total. The molecular weight excluding hydrogens is 414 g/mol. The van der Waals surface area contributed by atoms with E-state index in [1.807, 2.05) is 25.1 Å². The smallest absolute Gasteiger partial charge is 0.251 e. The van der Waals surface area contributed by atoms with Crippen molar-refractivity contribution in [3.05, 3.63) is 59.7 Å². The van der Waals surface area contributed by atoms with Gasteiger partial charge in [-0.3, -0.25) is 9.59 Å². The molecule has 2 aromatic rings. The first-order chi connectivity index (χ1) is 14.7. The molecule has 0 radical (unpaired) electrons. The summed E-state index contributed by atoms with van der Waals surface area (Å²) in [5.41, 5.74) is 1.89. The molecule has 2 amide bonds. The summed E-state index contributed by atoms with van der Waals surface area (Å²) in [6.07, 6.45) is 1.72. The molecular formula is C23H29N3O4S. The number of anilines is 1. The van der Waals surface area contributed by atoms with Crippen LogP contribution in [-0.2, 0) is 14.8 Å². The van der Waals surface area contributed by atoms with Crippen LogP contribution in [0.5, 0.6) is 0 Å². The molecule has 166 valence electrons. The summed E-state index contributed by atoms with van der Waals surface area (Å²) < 4.78 is 27.2. The number of carbonyl (C=O) groups is 2. The Hall–Kier alpha value is -2.71. The molecule has 0 spiro atoms. The Morgan fingerprint density at radius 3 is 2.32 bits per heavy atom. The first-order valence-corrected chi connectivity index (χ1v) is 11.9. The third-order valence-electron chi connectivity index (χ3n) is 5.55. The van der Waals surface area contributed by atoms with E-state index >= 15 is 0 Å². The maximum absolute atomic E-state index is 12.8. The number of hydrogen-bond acceptors (Lipinski definition) is 4. The van der Waals surface area contributed by atoms with Gasteiger partial charge < -0.3 is 10.6 Å². The Bertz CT molecular complexity index is 1040. The zero-order valence-corrected chi connectivity index (χ0v) is 18.9. The third kappa shape index (κ3) is 5.71. The number of nitrogens with zero attached hydrogens (tertiary/aromatic N) is 1. The molecule has 1 unspecified atom stereocenters. The minimum Gasteiger partial charge on any atom is -0.346 e. The van der Waals surface area contributed by atoms with Crippen molar-refractivity contribution in [2.24, 2.45) is 5.92 Å². The van der Waals surface area contributed by atoms with E-state index in [1.54, 1.807) is 6.07 Å². The van der Waals surface area contributed by atoms with Gasteiger partial charge in [-0.2, -0.15) is 4.31 Å². The Labute approximate surface area is 183 Å². The largest absolute Gasteiger partial charge is 0.346 e. The van der Waals surface area contributed by atoms with Gasteiger partial charge in [0.15, 0.2) is 0 Å². The number of nitrogens with one attached hydrogen (secondary N) is 2. The molecule has 1 saturated heterocycles. The average molecular weight is 444 g/mol. The number of benzene rings is 2. The van der Waals surface area contributed by atoms with Crippen molar-refractivity contribution < 1.29 is 18.0 Å². The SMILES string of the molecule is CC(=O)Nc1cccc(C(C)NC(=O)c2ccc(S(=O)(=O)N3CCC(C)CC3)cc2)c1. The van der Waals surface area contributed by atoms with Crippen LogP contribution in [0.3, 0.4) is 0 Å². The van der Waals surface area contributed by atoms with Crippen LogP contribution in [-0.4, -0.2) is 37.6 Å². The number of amides is 2. The highest BCUT2D eigenvalue weighted by molar-refractivity contribution is 7.89. The fourth-order valence-corrected chi connectivity index (χ4v) is 5.07. The molecule has 1 fully saturated rings. The predicted octanol–water partition coefficient (Wildman–Crippen LogP) is 3.56. The van der Waals surface area contributed by atoms with E-state index in [4.69, 9.17) is 0 Å². The lowest BCUT2D eigenvalue weighted by Crippen LogP contribution is -2.37. The number of rotatable bonds is 6. The van der Waals surface area contributed by atoms with Gasteiger partial charge in [-0.15, -0.1) is 0 Å². The molecule has 0 aliphatic carbocycles. The molecule has 0 aromatic heterocycles. The van der Waals surface area contributed by atoms with Crippen LogP contribution >= 0.6 is 0 Å². The lowest BCUT2D eigenvalue weighted by molar-refractivity contribution is -0.114. The maximum atomic E-state index is 12.8. The monoisotopic (exact) mass is 443 g/mol. The van der Waals surface area contributed by atoms with Crippen LogP contribution in [0.2, 0.25) is 0 Å². The number of sulfonamides is 1. The summed E-state index contributed by atoms with van der Waals surface area (Å²) in [4.78, 5) is 24.1. The van der Waals surface area contributed by atoms with Crippen LogP contribution in [0.15, 0.2) is 53.4 Å². The summed E-state index contributed by atoms with van der Waals surface area (Å²) in [6, 6.07) is 13.0. The minimum absolute atomic E-state index is 0.164. The van der Waals surface area contributed by atoms with E-state index < -0.39 is 10.0 Å². The van der Waals surface area contributed by atoms with Crippen LogP contribution in [0.25, 0.3) is 0 Å². The quantitative estimate of drug-likeness (QED) is 0.714. The second-order valence-electron chi connectivity index (χ2n) is 8.11. The van der Waals surface area contributed by atoms with E-state index in [0.717, 1.165) is 18.4 Å². The molecule has 8 heteroatoms. The fraction of sp³-hybridized carbons (Fsp3) is 0.391. The van der Waals surface area contributed by atoms with Crippen molar-refractivity contribution in [2.75, 3.05) is 18.4 Å². The van der Waals surface area contributed by atoms with Gasteiger partial charge in [0.25, 0.3) is 5.91 Å². The van der Waals surface area contributed by atoms with E-state index in [2.05, 4.69) is 17.6 Å². The second kappa shape index (κ2) is 9.62. The van der Waals surface area contributed by atoms with E-state index in [-0.39, 0.29) is 22.8 Å². The Morgan fingerprint density at radius 1 is 1.06 bits per heavy atom. The van der Waals surface area contributed by atoms with E-state index in [0.29, 0.717) is 30.3 Å². The van der Waals surface area contributed by atoms with Gasteiger partial charge >= 0.3 is 0 Å². The lowest BCUT2D eigenvalue weighted by atomic mass is 10.0. The van der Waals surface area contributed by atoms with Crippen LogP contribution in [0.4, 0.5) is 5.69 Å². The molecule has 3 rings (SSSR count). The summed E-state index contributed by atoms with van der Waals surface area (Å²) in [5.74, 6) is 0.0783. The summed E-state index contributed by atoms with van der Waals surface area (Å²) in [7, 11) is -3.54. The van der Waals surface area contributed by atoms with E-state index in [1.165, 1.54) is 35.5 Å². The molecule has 1 atom stereocenters. The summed E-state index contributed by atoms with van der Waals surface area (Å²) >= 11 is 0. The first kappa shape index (κ1) is 23.0. The lowest BCUT2D eigenvalue weighted by Gasteiger charge is -2.29. The number of hydrogen-bond donors (Lipinski definition) is 2. The highest BCUT2D eigenvalue weighted by Gasteiger charge is 2.28. The molecule has 0 bridgehead atoms. The Balaban J connectivity index is 1.67. The van der Waals surface area contributed by atoms with Crippen molar-refractivity contribution in [1.29, 1.82) is 0 Å². The zero-order chi connectivity index (χ0) is 22.6. The van der Waals surface area contributed by atoms with Crippen molar-refractivity contribution in [2.45, 2.75) is 44.6 Å². The van der Waals surface area contributed by atoms with Gasteiger partial charge in [-0.25, -0.2) is 8.42 Å². The standard InChI is InChI=1S/C23H29N3O4S/c1-16-11-13-26(14-12-16)31(29,30)22-9-7-19(8-10-22)23(28)24-17(2)20-5-4-6-21(15-20)25-18(3)27/h4-10,15-17H,11-14H2,1-3H3,(H,24,28)(H,25,27). The Morgan fingerprint density at radius 2 is 1.71 bits per heavy atom. The molecule has 2 aromatic carbocycles. The average Bonchev–Trinajstić information content (AvgIpc) is 2.74. The van der Waals surface area contributed by atoms with Gasteiger partial charge in [-0.05, 0) is 67.6 Å². The van der Waals surface area contributed by atoms with Crippen molar-refractivity contribution in [1.82, 2.24) is 9.62 Å². The second-order valence-corrected chi connectivity index (χ2v) is 10.1. The predicted molar refractivity (Wildman–Crippen MR) is 120 cm³/mol. The van der Waals surface area contributed by atoms with Crippen molar-refractivity contribution in [3.8, 4) is 0 Å². The first-order valence-electron chi connectivity index (χ1n) is 10.5. The van der Waals surface area contributed by atoms with Gasteiger partial charge in [0.1, 0.15) is 0 Å². The molecule has 31 heavy (non-hydrogen) atoms. The number of piperidine rings is 1. The molecule has 0 saturated carbocycles. The van der Waals surface area contributed by atoms with E-state index in [9.17, 15) is 18.0 Å². The molecule has 1 aliphatic rings. The summed E-state index contributed by atoms with van der Waals surface area (Å²) in [5, 5.41) is 5.63. The zero-order valence-electron chi connectivity index (χ0n) is 18.1. The van der Waals surface area contributed by atoms with Crippen molar-refractivity contribution in [3.63, 3.8) is 0 Å². The van der Waals surface area contributed by atoms with Gasteiger partial charge in [-0.1, -0.05) is 19.1 Å². The van der Waals surface area contributed by atoms with Crippen LogP contribution in [0, 0.1) is 5.92 Å². The van der Waals surface area contributed by atoms with Crippen LogP contribution in [0.1, 0.15) is 55.6 Å². The highest BCUT2D eigenvalue weighted by atomic mass is 32.2. The summed E-state index contributed by atoms with van der Waals surface area (Å²) in [6.45, 7) is 6.48. The van der Waals surface area contributed by atoms with Crippen LogP contribution < -0.4 is 10.6 Å². The topological polar surface area (TPSA) is 95.6 Å². The Kier molecular flexibility index (Phi) is 7.12. The highest BCUT2D eigenvalue weighted by Crippen LogP contribution is 2.24. The van der Waals surface area contributed by atoms with Crippen molar-refractivity contribution >= 4 is 27.5 Å². The maximum Gasteiger partial charge on any atom is 0.251 e. The van der Waals surface area contributed by atoms with Gasteiger partial charge in [0, 0.05) is 31.3 Å². The molecule has 1 heterocycles. The van der Waals surface area contributed by atoms with Gasteiger partial charge in [0.2, 0.25) is 15.9 Å². The fourth-order valence-electron chi connectivity index (χ4n) is 3.60. The molecule has 1 aliphatic heterocycles. The minimum atomic E-state index is -3.54. The normalized spacial score (nSPS) is 16.5.